The number of aliphatic hydroxyl groups excluding tert-OH is 1. The third-order valence-electron chi connectivity index (χ3n) is 18.5. The summed E-state index contributed by atoms with van der Waals surface area (Å²) in [6.07, 6.45) is 59.6. The smallest absolute Gasteiger partial charge is 0.462 e. The highest BCUT2D eigenvalue weighted by molar-refractivity contribution is 7.47. The zero-order valence-electron chi connectivity index (χ0n) is 64.1. The fourth-order valence-corrected chi connectivity index (χ4v) is 13.8. The van der Waals surface area contributed by atoms with E-state index in [1.54, 1.807) is 0 Å². The van der Waals surface area contributed by atoms with Crippen LogP contribution in [0.5, 0.6) is 0 Å². The van der Waals surface area contributed by atoms with Gasteiger partial charge in [-0.25, -0.2) is 9.13 Å². The highest BCUT2D eigenvalue weighted by Crippen LogP contribution is 2.45. The molecule has 0 aliphatic heterocycles. The molecule has 582 valence electrons. The lowest BCUT2D eigenvalue weighted by molar-refractivity contribution is -0.161. The van der Waals surface area contributed by atoms with Crippen LogP contribution in [0.4, 0.5) is 0 Å². The Morgan fingerprint density at radius 3 is 0.694 bits per heavy atom. The van der Waals surface area contributed by atoms with Crippen LogP contribution in [0.2, 0.25) is 0 Å². The Balaban J connectivity index is 5.23. The Bertz CT molecular complexity index is 1890. The Morgan fingerprint density at radius 1 is 0.276 bits per heavy atom. The van der Waals surface area contributed by atoms with Gasteiger partial charge in [-0.05, 0) is 37.5 Å². The first-order valence-corrected chi connectivity index (χ1v) is 44.0. The van der Waals surface area contributed by atoms with E-state index in [-0.39, 0.29) is 25.7 Å². The highest BCUT2D eigenvalue weighted by Gasteiger charge is 2.30. The molecule has 0 saturated carbocycles. The van der Waals surface area contributed by atoms with Crippen LogP contribution in [0.25, 0.3) is 0 Å². The third-order valence-corrected chi connectivity index (χ3v) is 20.4. The summed E-state index contributed by atoms with van der Waals surface area (Å²) in [6, 6.07) is 0. The van der Waals surface area contributed by atoms with Crippen molar-refractivity contribution in [3.05, 3.63) is 0 Å². The topological polar surface area (TPSA) is 237 Å². The molecule has 0 aliphatic rings. The van der Waals surface area contributed by atoms with E-state index in [0.29, 0.717) is 25.7 Å². The number of carbonyl (C=O) groups excluding carboxylic acids is 4. The minimum atomic E-state index is -4.96. The molecule has 0 saturated heterocycles. The summed E-state index contributed by atoms with van der Waals surface area (Å²) >= 11 is 0. The van der Waals surface area contributed by atoms with Crippen LogP contribution >= 0.6 is 15.6 Å². The Hall–Kier alpha value is -1.94. The van der Waals surface area contributed by atoms with Crippen LogP contribution in [0, 0.1) is 11.8 Å². The van der Waals surface area contributed by atoms with Gasteiger partial charge in [0.1, 0.15) is 19.3 Å². The van der Waals surface area contributed by atoms with E-state index >= 15 is 0 Å². The van der Waals surface area contributed by atoms with E-state index in [1.807, 2.05) is 0 Å². The van der Waals surface area contributed by atoms with E-state index in [4.69, 9.17) is 37.0 Å². The molecule has 17 nitrogen and oxygen atoms in total. The monoisotopic (exact) mass is 1440 g/mol. The van der Waals surface area contributed by atoms with E-state index in [9.17, 15) is 43.2 Å². The average molecular weight is 1440 g/mol. The van der Waals surface area contributed by atoms with Crippen molar-refractivity contribution in [1.82, 2.24) is 0 Å². The van der Waals surface area contributed by atoms with Gasteiger partial charge in [0.05, 0.1) is 26.4 Å². The van der Waals surface area contributed by atoms with Crippen LogP contribution < -0.4 is 0 Å². The quantitative estimate of drug-likeness (QED) is 0.0222. The number of hydrogen-bond acceptors (Lipinski definition) is 15. The lowest BCUT2D eigenvalue weighted by Crippen LogP contribution is -2.30. The summed E-state index contributed by atoms with van der Waals surface area (Å²) in [4.78, 5) is 72.9. The van der Waals surface area contributed by atoms with Gasteiger partial charge in [0.15, 0.2) is 12.2 Å². The molecule has 0 spiro atoms. The summed E-state index contributed by atoms with van der Waals surface area (Å²) in [7, 11) is -9.91. The van der Waals surface area contributed by atoms with Crippen molar-refractivity contribution in [2.75, 3.05) is 39.6 Å². The maximum Gasteiger partial charge on any atom is 0.472 e. The molecule has 0 amide bonds. The number of phosphoric ester groups is 2. The van der Waals surface area contributed by atoms with Crippen LogP contribution in [0.3, 0.4) is 0 Å². The Morgan fingerprint density at radius 2 is 0.469 bits per heavy atom. The molecule has 98 heavy (non-hydrogen) atoms. The lowest BCUT2D eigenvalue weighted by Gasteiger charge is -2.21. The minimum Gasteiger partial charge on any atom is -0.462 e. The summed E-state index contributed by atoms with van der Waals surface area (Å²) in [5.74, 6) is -0.568. The number of rotatable bonds is 78. The van der Waals surface area contributed by atoms with Crippen LogP contribution in [0.1, 0.15) is 414 Å². The predicted octanol–water partition coefficient (Wildman–Crippen LogP) is 23.5. The highest BCUT2D eigenvalue weighted by atomic mass is 31.2. The largest absolute Gasteiger partial charge is 0.472 e. The summed E-state index contributed by atoms with van der Waals surface area (Å²) < 4.78 is 68.6. The minimum absolute atomic E-state index is 0.106. The molecule has 2 unspecified atom stereocenters. The molecule has 0 bridgehead atoms. The number of ether oxygens (including phenoxy) is 4. The normalized spacial score (nSPS) is 13.9. The Kier molecular flexibility index (Phi) is 69.3. The van der Waals surface area contributed by atoms with Gasteiger partial charge in [-0.15, -0.1) is 0 Å². The standard InChI is InChI=1S/C79H154O17P2/c1-7-9-11-13-15-17-19-20-21-22-23-24-25-28-32-39-45-51-57-63-78(83)95-75(68-90-77(82)62-56-50-44-38-31-29-26-27-30-35-41-47-53-59-71(3)4)70-94-98(87,88)92-66-73(80)65-91-97(85,86)93-69-74(67-89-76(81)61-55-49-43-37-18-16-14-12-10-8-2)96-79(84)64-58-52-46-40-34-33-36-42-48-54-60-72(5)6/h71-75,80H,7-70H2,1-6H3,(H,85,86)(H,87,88)/t73-,74+,75+/m0/s1. The van der Waals surface area contributed by atoms with Gasteiger partial charge in [-0.2, -0.15) is 0 Å². The van der Waals surface area contributed by atoms with Crippen LogP contribution in [-0.2, 0) is 65.4 Å². The van der Waals surface area contributed by atoms with Gasteiger partial charge in [0.25, 0.3) is 0 Å². The molecular formula is C79H154O17P2. The number of carbonyl (C=O) groups is 4. The zero-order chi connectivity index (χ0) is 72.1. The fraction of sp³-hybridized carbons (Fsp3) is 0.949. The third kappa shape index (κ3) is 72.4. The van der Waals surface area contributed by atoms with Gasteiger partial charge in [0.2, 0.25) is 0 Å². The first-order valence-electron chi connectivity index (χ1n) is 41.0. The lowest BCUT2D eigenvalue weighted by atomic mass is 10.0. The van der Waals surface area contributed by atoms with E-state index < -0.39 is 97.5 Å². The second kappa shape index (κ2) is 70.7. The van der Waals surface area contributed by atoms with Crippen molar-refractivity contribution >= 4 is 39.5 Å². The van der Waals surface area contributed by atoms with Crippen molar-refractivity contribution < 1.29 is 80.2 Å². The molecule has 3 N–H and O–H groups in total. The van der Waals surface area contributed by atoms with Gasteiger partial charge < -0.3 is 33.8 Å². The van der Waals surface area contributed by atoms with Crippen molar-refractivity contribution in [2.45, 2.75) is 432 Å². The Labute approximate surface area is 600 Å². The molecule has 0 aromatic rings. The summed E-state index contributed by atoms with van der Waals surface area (Å²) in [5, 5.41) is 10.6. The second-order valence-electron chi connectivity index (χ2n) is 29.4. The van der Waals surface area contributed by atoms with Crippen LogP contribution in [-0.4, -0.2) is 96.7 Å². The number of aliphatic hydroxyl groups is 1. The molecular weight excluding hydrogens is 1280 g/mol. The molecule has 5 atom stereocenters. The van der Waals surface area contributed by atoms with Gasteiger partial charge in [-0.1, -0.05) is 363 Å². The van der Waals surface area contributed by atoms with E-state index in [1.165, 1.54) is 231 Å². The second-order valence-corrected chi connectivity index (χ2v) is 32.3. The maximum atomic E-state index is 13.1. The number of hydrogen-bond donors (Lipinski definition) is 3. The predicted molar refractivity (Wildman–Crippen MR) is 400 cm³/mol. The molecule has 0 rings (SSSR count). The van der Waals surface area contributed by atoms with Gasteiger partial charge in [-0.3, -0.25) is 37.3 Å². The molecule has 19 heteroatoms. The molecule has 0 radical (unpaired) electrons. The average Bonchev–Trinajstić information content (AvgIpc) is 1.02. The molecule has 0 heterocycles. The summed E-state index contributed by atoms with van der Waals surface area (Å²) in [6.45, 7) is 9.62. The molecule has 0 aliphatic carbocycles. The van der Waals surface area contributed by atoms with Crippen molar-refractivity contribution in [3.8, 4) is 0 Å². The van der Waals surface area contributed by atoms with Crippen molar-refractivity contribution in [3.63, 3.8) is 0 Å². The van der Waals surface area contributed by atoms with Crippen LogP contribution in [0.15, 0.2) is 0 Å². The SMILES string of the molecule is CCCCCCCCCCCCCCCCCCCCCC(=O)O[C@H](COC(=O)CCCCCCCCCCCCCCCC(C)C)COP(=O)(O)OC[C@@H](O)COP(=O)(O)OC[C@@H](COC(=O)CCCCCCCCCCCC)OC(=O)CCCCCCCCCCCCC(C)C. The number of phosphoric acid groups is 2. The van der Waals surface area contributed by atoms with Crippen molar-refractivity contribution in [2.24, 2.45) is 11.8 Å². The molecule has 0 aromatic carbocycles. The van der Waals surface area contributed by atoms with E-state index in [2.05, 4.69) is 41.5 Å². The fourth-order valence-electron chi connectivity index (χ4n) is 12.2. The van der Waals surface area contributed by atoms with Gasteiger partial charge >= 0.3 is 39.5 Å². The van der Waals surface area contributed by atoms with E-state index in [0.717, 1.165) is 102 Å². The van der Waals surface area contributed by atoms with Crippen molar-refractivity contribution in [1.29, 1.82) is 0 Å². The first kappa shape index (κ1) is 96.1. The zero-order valence-corrected chi connectivity index (χ0v) is 65.9. The molecule has 0 fully saturated rings. The first-order chi connectivity index (χ1) is 47.4. The van der Waals surface area contributed by atoms with Gasteiger partial charge in [0, 0.05) is 25.7 Å². The summed E-state index contributed by atoms with van der Waals surface area (Å²) in [5.41, 5.74) is 0. The molecule has 0 aromatic heterocycles. The maximum absolute atomic E-state index is 13.1. The number of unbranched alkanes of at least 4 members (excludes halogenated alkanes) is 48. The number of esters is 4.